The Balaban J connectivity index is 1.99. The van der Waals surface area contributed by atoms with E-state index in [4.69, 9.17) is 5.73 Å². The maximum absolute atomic E-state index is 12.1. The van der Waals surface area contributed by atoms with Gasteiger partial charge in [0.25, 0.3) is 5.91 Å². The smallest absolute Gasteiger partial charge is 0.255 e. The molecule has 0 unspecified atom stereocenters. The second kappa shape index (κ2) is 7.42. The number of phenols is 1. The monoisotopic (exact) mass is 396 g/mol. The van der Waals surface area contributed by atoms with Gasteiger partial charge < -0.3 is 16.2 Å². The Morgan fingerprint density at radius 2 is 1.81 bits per heavy atom. The highest BCUT2D eigenvalue weighted by Gasteiger charge is 2.11. The van der Waals surface area contributed by atoms with Gasteiger partial charge >= 0.3 is 0 Å². The zero-order chi connectivity index (χ0) is 15.2. The van der Waals surface area contributed by atoms with Gasteiger partial charge in [-0.25, -0.2) is 0 Å². The summed E-state index contributed by atoms with van der Waals surface area (Å²) in [7, 11) is 0. The molecule has 0 atom stereocenters. The molecule has 0 saturated heterocycles. The zero-order valence-electron chi connectivity index (χ0n) is 11.5. The maximum atomic E-state index is 12.1. The minimum Gasteiger partial charge on any atom is -0.507 e. The predicted molar refractivity (Wildman–Crippen MR) is 91.2 cm³/mol. The van der Waals surface area contributed by atoms with Crippen molar-refractivity contribution in [2.75, 3.05) is 6.54 Å². The van der Waals surface area contributed by atoms with E-state index in [0.29, 0.717) is 18.7 Å². The molecule has 2 aromatic rings. The number of phenolic OH excluding ortho intramolecular Hbond substituents is 1. The lowest BCUT2D eigenvalue weighted by Crippen LogP contribution is -2.23. The number of carbonyl (C=O) groups is 1. The lowest BCUT2D eigenvalue weighted by Gasteiger charge is -2.08. The summed E-state index contributed by atoms with van der Waals surface area (Å²) in [6.07, 6.45) is 0.850. The van der Waals surface area contributed by atoms with Gasteiger partial charge in [0.15, 0.2) is 0 Å². The van der Waals surface area contributed by atoms with Crippen LogP contribution in [-0.2, 0) is 13.0 Å². The van der Waals surface area contributed by atoms with Crippen LogP contribution in [-0.4, -0.2) is 17.6 Å². The lowest BCUT2D eigenvalue weighted by atomic mass is 10.1. The van der Waals surface area contributed by atoms with Crippen molar-refractivity contribution in [3.8, 4) is 5.75 Å². The third-order valence-electron chi connectivity index (χ3n) is 3.11. The molecule has 5 heteroatoms. The standard InChI is InChI=1S/C16H17IN2O2/c17-13-5-6-15(20)14(9-13)16(21)19-10-12-3-1-11(2-4-12)7-8-18/h1-6,9,20H,7-8,10,18H2,(H,19,21). The summed E-state index contributed by atoms with van der Waals surface area (Å²) in [5, 5.41) is 12.5. The van der Waals surface area contributed by atoms with Crippen LogP contribution >= 0.6 is 22.6 Å². The van der Waals surface area contributed by atoms with Crippen LogP contribution in [0.15, 0.2) is 42.5 Å². The van der Waals surface area contributed by atoms with E-state index in [2.05, 4.69) is 27.9 Å². The van der Waals surface area contributed by atoms with E-state index in [-0.39, 0.29) is 11.7 Å². The molecule has 2 aromatic carbocycles. The second-order valence-electron chi connectivity index (χ2n) is 4.70. The van der Waals surface area contributed by atoms with Crippen molar-refractivity contribution in [3.63, 3.8) is 0 Å². The predicted octanol–water partition coefficient (Wildman–Crippen LogP) is 2.43. The molecule has 21 heavy (non-hydrogen) atoms. The molecule has 0 aliphatic carbocycles. The van der Waals surface area contributed by atoms with E-state index in [1.807, 2.05) is 24.3 Å². The Kier molecular flexibility index (Phi) is 5.58. The molecule has 0 radical (unpaired) electrons. The van der Waals surface area contributed by atoms with Gasteiger partial charge in [-0.1, -0.05) is 24.3 Å². The van der Waals surface area contributed by atoms with Crippen molar-refractivity contribution in [1.82, 2.24) is 5.32 Å². The highest BCUT2D eigenvalue weighted by Crippen LogP contribution is 2.19. The SMILES string of the molecule is NCCc1ccc(CNC(=O)c2cc(I)ccc2O)cc1. The Morgan fingerprint density at radius 3 is 2.48 bits per heavy atom. The molecule has 0 fully saturated rings. The summed E-state index contributed by atoms with van der Waals surface area (Å²) in [4.78, 5) is 12.1. The first-order valence-electron chi connectivity index (χ1n) is 6.65. The maximum Gasteiger partial charge on any atom is 0.255 e. The van der Waals surface area contributed by atoms with Crippen LogP contribution in [0.25, 0.3) is 0 Å². The number of hydrogen-bond acceptors (Lipinski definition) is 3. The van der Waals surface area contributed by atoms with E-state index in [1.54, 1.807) is 12.1 Å². The molecule has 2 rings (SSSR count). The number of amides is 1. The van der Waals surface area contributed by atoms with Crippen LogP contribution in [0.4, 0.5) is 0 Å². The molecule has 0 saturated carbocycles. The number of hydrogen-bond donors (Lipinski definition) is 3. The summed E-state index contributed by atoms with van der Waals surface area (Å²) in [5.41, 5.74) is 7.99. The molecule has 0 heterocycles. The largest absolute Gasteiger partial charge is 0.507 e. The molecule has 0 bridgehead atoms. The summed E-state index contributed by atoms with van der Waals surface area (Å²) in [6.45, 7) is 1.05. The molecule has 4 nitrogen and oxygen atoms in total. The molecule has 0 spiro atoms. The highest BCUT2D eigenvalue weighted by atomic mass is 127. The fraction of sp³-hybridized carbons (Fsp3) is 0.188. The minimum atomic E-state index is -0.281. The first kappa shape index (κ1) is 15.8. The van der Waals surface area contributed by atoms with E-state index >= 15 is 0 Å². The first-order chi connectivity index (χ1) is 10.1. The lowest BCUT2D eigenvalue weighted by molar-refractivity contribution is 0.0948. The molecule has 1 amide bonds. The number of carbonyl (C=O) groups excluding carboxylic acids is 1. The fourth-order valence-electron chi connectivity index (χ4n) is 1.96. The fourth-order valence-corrected chi connectivity index (χ4v) is 2.45. The number of aromatic hydroxyl groups is 1. The van der Waals surface area contributed by atoms with E-state index in [1.165, 1.54) is 11.6 Å². The number of rotatable bonds is 5. The van der Waals surface area contributed by atoms with Crippen LogP contribution in [0.5, 0.6) is 5.75 Å². The van der Waals surface area contributed by atoms with Crippen molar-refractivity contribution in [2.45, 2.75) is 13.0 Å². The second-order valence-corrected chi connectivity index (χ2v) is 5.94. The molecular weight excluding hydrogens is 379 g/mol. The molecule has 4 N–H and O–H groups in total. The summed E-state index contributed by atoms with van der Waals surface area (Å²) < 4.78 is 0.904. The van der Waals surface area contributed by atoms with Crippen molar-refractivity contribution in [1.29, 1.82) is 0 Å². The summed E-state index contributed by atoms with van der Waals surface area (Å²) >= 11 is 2.11. The third-order valence-corrected chi connectivity index (χ3v) is 3.78. The average molecular weight is 396 g/mol. The molecule has 0 aliphatic rings. The molecule has 0 aliphatic heterocycles. The van der Waals surface area contributed by atoms with Gasteiger partial charge in [0.1, 0.15) is 5.75 Å². The van der Waals surface area contributed by atoms with Crippen LogP contribution < -0.4 is 11.1 Å². The van der Waals surface area contributed by atoms with E-state index in [9.17, 15) is 9.90 Å². The molecule has 0 aromatic heterocycles. The first-order valence-corrected chi connectivity index (χ1v) is 7.72. The Hall–Kier alpha value is -1.60. The van der Waals surface area contributed by atoms with Gasteiger partial charge in [-0.15, -0.1) is 0 Å². The Labute approximate surface area is 137 Å². The van der Waals surface area contributed by atoms with E-state index in [0.717, 1.165) is 15.6 Å². The van der Waals surface area contributed by atoms with E-state index < -0.39 is 0 Å². The van der Waals surface area contributed by atoms with Crippen LogP contribution in [0.1, 0.15) is 21.5 Å². The van der Waals surface area contributed by atoms with Gasteiger partial charge in [0.05, 0.1) is 5.56 Å². The third kappa shape index (κ3) is 4.44. The highest BCUT2D eigenvalue weighted by molar-refractivity contribution is 14.1. The topological polar surface area (TPSA) is 75.3 Å². The van der Waals surface area contributed by atoms with Crippen LogP contribution in [0.3, 0.4) is 0 Å². The normalized spacial score (nSPS) is 10.4. The minimum absolute atomic E-state index is 0.00814. The molecule has 110 valence electrons. The molecular formula is C16H17IN2O2. The van der Waals surface area contributed by atoms with Gasteiger partial charge in [0, 0.05) is 10.1 Å². The van der Waals surface area contributed by atoms with Crippen molar-refractivity contribution in [3.05, 3.63) is 62.7 Å². The number of halogens is 1. The number of nitrogens with one attached hydrogen (secondary N) is 1. The number of nitrogens with two attached hydrogens (primary N) is 1. The van der Waals surface area contributed by atoms with Crippen molar-refractivity contribution >= 4 is 28.5 Å². The Morgan fingerprint density at radius 1 is 1.14 bits per heavy atom. The van der Waals surface area contributed by atoms with Crippen LogP contribution in [0.2, 0.25) is 0 Å². The van der Waals surface area contributed by atoms with Gasteiger partial charge in [-0.2, -0.15) is 0 Å². The quantitative estimate of drug-likeness (QED) is 0.680. The summed E-state index contributed by atoms with van der Waals surface area (Å²) in [5.74, 6) is -0.289. The summed E-state index contributed by atoms with van der Waals surface area (Å²) in [6, 6.07) is 12.9. The van der Waals surface area contributed by atoms with Crippen molar-refractivity contribution < 1.29 is 9.90 Å². The Bertz CT molecular complexity index is 627. The van der Waals surface area contributed by atoms with Crippen LogP contribution in [0, 0.1) is 3.57 Å². The van der Waals surface area contributed by atoms with Gasteiger partial charge in [-0.05, 0) is 64.9 Å². The average Bonchev–Trinajstić information content (AvgIpc) is 2.49. The zero-order valence-corrected chi connectivity index (χ0v) is 13.6. The van der Waals surface area contributed by atoms with Gasteiger partial charge in [0.2, 0.25) is 0 Å². The van der Waals surface area contributed by atoms with Gasteiger partial charge in [-0.3, -0.25) is 4.79 Å². The van der Waals surface area contributed by atoms with Crippen molar-refractivity contribution in [2.24, 2.45) is 5.73 Å². The number of benzene rings is 2.